The average Bonchev–Trinajstić information content (AvgIpc) is 2.47. The van der Waals surface area contributed by atoms with Gasteiger partial charge in [-0.25, -0.2) is 4.39 Å². The van der Waals surface area contributed by atoms with Crippen LogP contribution >= 0.6 is 23.2 Å². The Labute approximate surface area is 137 Å². The van der Waals surface area contributed by atoms with Crippen LogP contribution in [0.4, 0.5) is 10.1 Å². The highest BCUT2D eigenvalue weighted by Crippen LogP contribution is 2.32. The van der Waals surface area contributed by atoms with Gasteiger partial charge in [0, 0.05) is 16.7 Å². The maximum absolute atomic E-state index is 13.4. The number of ether oxygens (including phenoxy) is 1. The molecule has 2 aromatic rings. The van der Waals surface area contributed by atoms with Crippen LogP contribution in [0.1, 0.15) is 5.56 Å². The fourth-order valence-corrected chi connectivity index (χ4v) is 2.41. The predicted octanol–water partition coefficient (Wildman–Crippen LogP) is 4.79. The molecule has 0 unspecified atom stereocenters. The van der Waals surface area contributed by atoms with Gasteiger partial charge in [0.1, 0.15) is 11.6 Å². The van der Waals surface area contributed by atoms with Gasteiger partial charge in [0.05, 0.1) is 17.8 Å². The van der Waals surface area contributed by atoms with Crippen LogP contribution in [0.2, 0.25) is 10.0 Å². The lowest BCUT2D eigenvalue weighted by Crippen LogP contribution is -2.09. The molecule has 6 heteroatoms. The largest absolute Gasteiger partial charge is 0.495 e. The molecule has 1 amide bonds. The first-order chi connectivity index (χ1) is 10.5. The minimum absolute atomic E-state index is 0.105. The van der Waals surface area contributed by atoms with Crippen molar-refractivity contribution in [2.45, 2.75) is 0 Å². The average molecular weight is 340 g/mol. The van der Waals surface area contributed by atoms with Gasteiger partial charge in [0.15, 0.2) is 0 Å². The van der Waals surface area contributed by atoms with E-state index in [2.05, 4.69) is 5.32 Å². The van der Waals surface area contributed by atoms with Crippen LogP contribution in [0.3, 0.4) is 0 Å². The van der Waals surface area contributed by atoms with E-state index in [1.807, 2.05) is 0 Å². The van der Waals surface area contributed by atoms with Crippen molar-refractivity contribution in [1.82, 2.24) is 0 Å². The summed E-state index contributed by atoms with van der Waals surface area (Å²) in [5.41, 5.74) is 0.650. The number of carbonyl (C=O) groups excluding carboxylic acids is 1. The molecule has 0 radical (unpaired) electrons. The Morgan fingerprint density at radius 2 is 2.00 bits per heavy atom. The molecule has 0 heterocycles. The molecule has 3 nitrogen and oxygen atoms in total. The lowest BCUT2D eigenvalue weighted by Gasteiger charge is -2.08. The number of nitrogens with one attached hydrogen (secondary N) is 1. The molecule has 0 saturated heterocycles. The molecule has 0 aliphatic carbocycles. The second-order valence-electron chi connectivity index (χ2n) is 4.31. The number of anilines is 1. The number of rotatable bonds is 4. The Hall–Kier alpha value is -2.04. The molecule has 0 saturated carbocycles. The van der Waals surface area contributed by atoms with Gasteiger partial charge in [-0.2, -0.15) is 0 Å². The van der Waals surface area contributed by atoms with Crippen molar-refractivity contribution in [3.05, 3.63) is 63.9 Å². The van der Waals surface area contributed by atoms with Crippen molar-refractivity contribution >= 4 is 40.9 Å². The molecular weight excluding hydrogens is 328 g/mol. The third-order valence-electron chi connectivity index (χ3n) is 2.79. The van der Waals surface area contributed by atoms with Crippen molar-refractivity contribution < 1.29 is 13.9 Å². The van der Waals surface area contributed by atoms with Gasteiger partial charge in [0.2, 0.25) is 5.91 Å². The van der Waals surface area contributed by atoms with E-state index in [0.29, 0.717) is 21.4 Å². The molecule has 0 fully saturated rings. The Morgan fingerprint density at radius 1 is 1.27 bits per heavy atom. The van der Waals surface area contributed by atoms with Crippen molar-refractivity contribution in [3.8, 4) is 5.75 Å². The summed E-state index contributed by atoms with van der Waals surface area (Å²) in [6.45, 7) is 0. The predicted molar refractivity (Wildman–Crippen MR) is 87.1 cm³/mol. The van der Waals surface area contributed by atoms with Crippen LogP contribution in [0.15, 0.2) is 42.5 Å². The van der Waals surface area contributed by atoms with Crippen molar-refractivity contribution in [2.24, 2.45) is 0 Å². The van der Waals surface area contributed by atoms with Gasteiger partial charge in [-0.05, 0) is 30.3 Å². The summed E-state index contributed by atoms with van der Waals surface area (Å²) in [6, 6.07) is 9.05. The number of para-hydroxylation sites is 1. The monoisotopic (exact) mass is 339 g/mol. The maximum atomic E-state index is 13.4. The Balaban J connectivity index is 2.18. The van der Waals surface area contributed by atoms with Gasteiger partial charge < -0.3 is 10.1 Å². The second kappa shape index (κ2) is 7.29. The Morgan fingerprint density at radius 3 is 2.68 bits per heavy atom. The van der Waals surface area contributed by atoms with Gasteiger partial charge in [-0.15, -0.1) is 0 Å². The summed E-state index contributed by atoms with van der Waals surface area (Å²) < 4.78 is 18.6. The lowest BCUT2D eigenvalue weighted by atomic mass is 10.2. The van der Waals surface area contributed by atoms with Gasteiger partial charge in [-0.1, -0.05) is 35.3 Å². The van der Waals surface area contributed by atoms with Gasteiger partial charge in [0.25, 0.3) is 0 Å². The van der Waals surface area contributed by atoms with E-state index in [1.54, 1.807) is 24.3 Å². The zero-order valence-electron chi connectivity index (χ0n) is 11.6. The molecule has 114 valence electrons. The molecule has 0 atom stereocenters. The summed E-state index contributed by atoms with van der Waals surface area (Å²) in [4.78, 5) is 11.8. The zero-order valence-corrected chi connectivity index (χ0v) is 13.1. The number of hydrogen-bond donors (Lipinski definition) is 1. The Bertz CT molecular complexity index is 732. The summed E-state index contributed by atoms with van der Waals surface area (Å²) in [5, 5.41) is 3.19. The quantitative estimate of drug-likeness (QED) is 0.813. The number of hydrogen-bond acceptors (Lipinski definition) is 2. The third kappa shape index (κ3) is 4.00. The molecule has 1 N–H and O–H groups in total. The fourth-order valence-electron chi connectivity index (χ4n) is 1.82. The number of halogens is 3. The highest BCUT2D eigenvalue weighted by molar-refractivity contribution is 6.36. The molecule has 22 heavy (non-hydrogen) atoms. The molecule has 0 aliphatic rings. The van der Waals surface area contributed by atoms with Crippen LogP contribution < -0.4 is 10.1 Å². The number of amides is 1. The van der Waals surface area contributed by atoms with E-state index in [4.69, 9.17) is 27.9 Å². The van der Waals surface area contributed by atoms with Crippen LogP contribution in [0, 0.1) is 5.82 Å². The van der Waals surface area contributed by atoms with Crippen molar-refractivity contribution in [3.63, 3.8) is 0 Å². The van der Waals surface area contributed by atoms with E-state index in [0.717, 1.165) is 0 Å². The third-order valence-corrected chi connectivity index (χ3v) is 3.29. The standard InChI is InChI=1S/C16H12Cl2FNO2/c1-22-16-10(8-11(17)9-12(16)18)6-7-15(21)20-14-5-3-2-4-13(14)19/h2-9H,1H3,(H,20,21)/b7-6+. The van der Waals surface area contributed by atoms with Crippen molar-refractivity contribution in [2.75, 3.05) is 12.4 Å². The fraction of sp³-hybridized carbons (Fsp3) is 0.0625. The molecule has 2 rings (SSSR count). The lowest BCUT2D eigenvalue weighted by molar-refractivity contribution is -0.111. The smallest absolute Gasteiger partial charge is 0.248 e. The molecule has 0 aliphatic heterocycles. The van der Waals surface area contributed by atoms with Crippen LogP contribution in [0.5, 0.6) is 5.75 Å². The van der Waals surface area contributed by atoms with Gasteiger partial charge in [-0.3, -0.25) is 4.79 Å². The molecule has 0 bridgehead atoms. The number of methoxy groups -OCH3 is 1. The topological polar surface area (TPSA) is 38.3 Å². The van der Waals surface area contributed by atoms with E-state index < -0.39 is 11.7 Å². The second-order valence-corrected chi connectivity index (χ2v) is 5.16. The summed E-state index contributed by atoms with van der Waals surface area (Å²) in [6.07, 6.45) is 2.74. The molecule has 0 aromatic heterocycles. The minimum Gasteiger partial charge on any atom is -0.495 e. The van der Waals surface area contributed by atoms with Gasteiger partial charge >= 0.3 is 0 Å². The first-order valence-corrected chi connectivity index (χ1v) is 7.03. The molecule has 2 aromatic carbocycles. The first-order valence-electron chi connectivity index (χ1n) is 6.28. The number of benzene rings is 2. The first kappa shape index (κ1) is 16.3. The Kier molecular flexibility index (Phi) is 5.41. The number of carbonyl (C=O) groups is 1. The van der Waals surface area contributed by atoms with E-state index in [-0.39, 0.29) is 5.69 Å². The SMILES string of the molecule is COc1c(Cl)cc(Cl)cc1/C=C/C(=O)Nc1ccccc1F. The molecular formula is C16H12Cl2FNO2. The van der Waals surface area contributed by atoms with E-state index in [1.165, 1.54) is 31.4 Å². The van der Waals surface area contributed by atoms with E-state index >= 15 is 0 Å². The normalized spacial score (nSPS) is 10.7. The summed E-state index contributed by atoms with van der Waals surface area (Å²) >= 11 is 11.9. The minimum atomic E-state index is -0.507. The molecule has 0 spiro atoms. The summed E-state index contributed by atoms with van der Waals surface area (Å²) in [5.74, 6) is -0.586. The van der Waals surface area contributed by atoms with Crippen LogP contribution in [0.25, 0.3) is 6.08 Å². The zero-order chi connectivity index (χ0) is 16.1. The van der Waals surface area contributed by atoms with E-state index in [9.17, 15) is 9.18 Å². The maximum Gasteiger partial charge on any atom is 0.248 e. The highest BCUT2D eigenvalue weighted by Gasteiger charge is 2.08. The highest BCUT2D eigenvalue weighted by atomic mass is 35.5. The van der Waals surface area contributed by atoms with Crippen LogP contribution in [-0.4, -0.2) is 13.0 Å². The summed E-state index contributed by atoms with van der Waals surface area (Å²) in [7, 11) is 1.46. The van der Waals surface area contributed by atoms with Crippen LogP contribution in [-0.2, 0) is 4.79 Å². The van der Waals surface area contributed by atoms with Crippen molar-refractivity contribution in [1.29, 1.82) is 0 Å².